The Morgan fingerprint density at radius 2 is 1.77 bits per heavy atom. The summed E-state index contributed by atoms with van der Waals surface area (Å²) in [7, 11) is 1.50. The van der Waals surface area contributed by atoms with Gasteiger partial charge in [0.25, 0.3) is 0 Å². The standard InChI is InChI=1S/C53H61N3O8/c1-32(2)7-6-24-64-49-29-36(28-47(61)52(49)62)34-12-15-42-41-16-14-40(57)26-35(41)13-17-43(42)56-50-31-38(20-23-55-50)53(21-4-8-37(53)30-39-9-5-22-54-39)51(46(60)27-34)45(59)19-11-33-10-18-44(58)48(25-33)63-3/h5,9-10,13-14,16-18,20,22-23,25-26,28-29,31-32,34,37,45,51,54,57-59,61-62H,4,6-8,11-12,15,19,21,24,27,30H2,1-3H3,(H,55,56)/t34-,37-,45-,51-,53-/m1/s1. The fraction of sp³-hybridized carbons (Fsp3) is 0.396. The van der Waals surface area contributed by atoms with Crippen molar-refractivity contribution in [2.45, 2.75) is 102 Å². The van der Waals surface area contributed by atoms with Crippen molar-refractivity contribution in [3.05, 3.63) is 125 Å². The van der Waals surface area contributed by atoms with Crippen molar-refractivity contribution in [2.75, 3.05) is 19.0 Å². The predicted molar refractivity (Wildman–Crippen MR) is 249 cm³/mol. The van der Waals surface area contributed by atoms with E-state index in [4.69, 9.17) is 14.5 Å². The number of benzene rings is 4. The third-order valence-electron chi connectivity index (χ3n) is 13.9. The number of aromatic amines is 1. The molecule has 2 aliphatic rings. The molecule has 1 spiro atoms. The molecule has 0 amide bonds. The van der Waals surface area contributed by atoms with Gasteiger partial charge < -0.3 is 45.3 Å². The van der Waals surface area contributed by atoms with E-state index in [9.17, 15) is 25.5 Å². The van der Waals surface area contributed by atoms with Gasteiger partial charge in [-0.3, -0.25) is 4.79 Å². The lowest BCUT2D eigenvalue weighted by atomic mass is 9.58. The molecular weight excluding hydrogens is 807 g/mol. The van der Waals surface area contributed by atoms with Gasteiger partial charge in [0.1, 0.15) is 17.4 Å². The number of carbonyl (C=O) groups excluding carboxylic acids is 1. The summed E-state index contributed by atoms with van der Waals surface area (Å²) >= 11 is 0. The highest BCUT2D eigenvalue weighted by Crippen LogP contribution is 2.55. The van der Waals surface area contributed by atoms with Crippen molar-refractivity contribution in [1.82, 2.24) is 9.97 Å². The molecule has 1 aliphatic carbocycles. The summed E-state index contributed by atoms with van der Waals surface area (Å²) in [5.41, 5.74) is 4.54. The topological polar surface area (TPSA) is 177 Å². The number of aliphatic hydroxyl groups is 1. The van der Waals surface area contributed by atoms with Crippen LogP contribution in [0.3, 0.4) is 0 Å². The summed E-state index contributed by atoms with van der Waals surface area (Å²) in [5.74, 6) is -0.264. The van der Waals surface area contributed by atoms with E-state index in [1.165, 1.54) is 7.11 Å². The fourth-order valence-corrected chi connectivity index (χ4v) is 10.7. The van der Waals surface area contributed by atoms with E-state index >= 15 is 4.79 Å². The van der Waals surface area contributed by atoms with Crippen molar-refractivity contribution < 1.29 is 39.8 Å². The van der Waals surface area contributed by atoms with Crippen LogP contribution in [0.15, 0.2) is 97.3 Å². The molecule has 4 aromatic carbocycles. The largest absolute Gasteiger partial charge is 0.508 e. The normalized spacial score (nSPS) is 20.6. The maximum absolute atomic E-state index is 15.9. The van der Waals surface area contributed by atoms with Crippen LogP contribution in [0.5, 0.6) is 34.5 Å². The van der Waals surface area contributed by atoms with Gasteiger partial charge in [-0.2, -0.15) is 0 Å². The van der Waals surface area contributed by atoms with Crippen LogP contribution >= 0.6 is 0 Å². The number of phenolic OH excluding ortho intramolecular Hbond substituents is 4. The Labute approximate surface area is 375 Å². The Morgan fingerprint density at radius 3 is 2.56 bits per heavy atom. The molecule has 11 heteroatoms. The summed E-state index contributed by atoms with van der Waals surface area (Å²) < 4.78 is 11.5. The minimum atomic E-state index is -1.06. The van der Waals surface area contributed by atoms with Gasteiger partial charge in [0.15, 0.2) is 23.0 Å². The van der Waals surface area contributed by atoms with Crippen molar-refractivity contribution in [1.29, 1.82) is 0 Å². The number of nitrogens with zero attached hydrogens (tertiary/aromatic N) is 1. The quantitative estimate of drug-likeness (QED) is 0.0437. The van der Waals surface area contributed by atoms with Gasteiger partial charge in [-0.1, -0.05) is 38.5 Å². The zero-order chi connectivity index (χ0) is 45.0. The number of hydrogen-bond acceptors (Lipinski definition) is 10. The van der Waals surface area contributed by atoms with Crippen molar-refractivity contribution in [2.24, 2.45) is 17.8 Å². The maximum Gasteiger partial charge on any atom is 0.200 e. The number of methoxy groups -OCH3 is 1. The number of rotatable bonds is 13. The van der Waals surface area contributed by atoms with Gasteiger partial charge in [-0.25, -0.2) is 4.98 Å². The van der Waals surface area contributed by atoms with E-state index in [1.807, 2.05) is 42.6 Å². The highest BCUT2D eigenvalue weighted by atomic mass is 16.5. The van der Waals surface area contributed by atoms with Crippen molar-refractivity contribution >= 4 is 28.1 Å². The Balaban J connectivity index is 1.28. The van der Waals surface area contributed by atoms with Crippen LogP contribution in [0, 0.1) is 17.8 Å². The minimum Gasteiger partial charge on any atom is -0.508 e. The number of aromatic hydroxyl groups is 4. The Hall–Kier alpha value is -6.20. The van der Waals surface area contributed by atoms with E-state index in [-0.39, 0.29) is 53.3 Å². The van der Waals surface area contributed by atoms with Crippen molar-refractivity contribution in [3.8, 4) is 34.5 Å². The molecular formula is C53H61N3O8. The fourth-order valence-electron chi connectivity index (χ4n) is 10.7. The lowest BCUT2D eigenvalue weighted by Gasteiger charge is -2.45. The van der Waals surface area contributed by atoms with Crippen LogP contribution in [0.2, 0.25) is 0 Å². The minimum absolute atomic E-state index is 0.0187. The molecule has 1 fully saturated rings. The van der Waals surface area contributed by atoms with Gasteiger partial charge in [0.05, 0.1) is 25.7 Å². The van der Waals surface area contributed by atoms with Crippen LogP contribution in [-0.2, 0) is 29.5 Å². The third kappa shape index (κ3) is 9.36. The average molecular weight is 868 g/mol. The van der Waals surface area contributed by atoms with Gasteiger partial charge in [-0.05, 0) is 175 Å². The van der Waals surface area contributed by atoms with Gasteiger partial charge in [0, 0.05) is 35.6 Å². The second-order valence-corrected chi connectivity index (χ2v) is 18.3. The molecule has 6 aromatic rings. The maximum atomic E-state index is 15.9. The number of aryl methyl sites for hydroxylation is 2. The lowest BCUT2D eigenvalue weighted by molar-refractivity contribution is -0.132. The number of carbonyl (C=O) groups is 1. The predicted octanol–water partition coefficient (Wildman–Crippen LogP) is 10.5. The van der Waals surface area contributed by atoms with Crippen LogP contribution in [0.25, 0.3) is 10.8 Å². The molecule has 7 N–H and O–H groups in total. The Bertz CT molecular complexity index is 2570. The number of phenols is 4. The number of H-pyrrole nitrogens is 1. The lowest BCUT2D eigenvalue weighted by Crippen LogP contribution is -2.50. The summed E-state index contributed by atoms with van der Waals surface area (Å²) in [6.07, 6.45) is 9.17. The second kappa shape index (κ2) is 19.3. The SMILES string of the molecule is COc1cc(CC[C@@H](O)[C@@H]2C(=O)C[C@H](c3cc(O)c(O)c(OCCCC(C)C)c3)CCc3c(ccc4cc(O)ccc34)Nc3cc(ccn3)[C@]23CCC[C@@H]3Cc2ccc[nH]2)ccc1O. The van der Waals surface area contributed by atoms with Gasteiger partial charge in [0.2, 0.25) is 5.75 Å². The summed E-state index contributed by atoms with van der Waals surface area (Å²) in [6.45, 7) is 4.65. The number of hydrogen-bond donors (Lipinski definition) is 7. The molecule has 1 aliphatic heterocycles. The first-order valence-corrected chi connectivity index (χ1v) is 22.8. The number of ether oxygens (including phenoxy) is 2. The highest BCUT2D eigenvalue weighted by molar-refractivity contribution is 5.92. The number of ketones is 1. The molecule has 0 radical (unpaired) electrons. The highest BCUT2D eigenvalue weighted by Gasteiger charge is 2.54. The Morgan fingerprint density at radius 1 is 0.906 bits per heavy atom. The molecule has 2 aromatic heterocycles. The molecule has 1 saturated carbocycles. The first-order chi connectivity index (χ1) is 30.9. The number of aliphatic hydroxyl groups excluding tert-OH is 1. The third-order valence-corrected chi connectivity index (χ3v) is 13.9. The van der Waals surface area contributed by atoms with Crippen LogP contribution < -0.4 is 14.8 Å². The van der Waals surface area contributed by atoms with E-state index in [2.05, 4.69) is 36.3 Å². The number of anilines is 2. The molecule has 8 rings (SSSR count). The molecule has 336 valence electrons. The summed E-state index contributed by atoms with van der Waals surface area (Å²) in [4.78, 5) is 24.1. The molecule has 3 heterocycles. The van der Waals surface area contributed by atoms with E-state index < -0.39 is 23.4 Å². The zero-order valence-corrected chi connectivity index (χ0v) is 37.0. The van der Waals surface area contributed by atoms with E-state index in [0.717, 1.165) is 64.5 Å². The van der Waals surface area contributed by atoms with Crippen LogP contribution in [-0.4, -0.2) is 61.1 Å². The van der Waals surface area contributed by atoms with Crippen LogP contribution in [0.1, 0.15) is 99.1 Å². The first-order valence-electron chi connectivity index (χ1n) is 22.8. The molecule has 0 unspecified atom stereocenters. The van der Waals surface area contributed by atoms with Crippen molar-refractivity contribution in [3.63, 3.8) is 0 Å². The first kappa shape index (κ1) is 44.4. The number of pyridine rings is 1. The summed E-state index contributed by atoms with van der Waals surface area (Å²) in [6, 6.07) is 25.9. The second-order valence-electron chi connectivity index (χ2n) is 18.3. The molecule has 11 nitrogen and oxygen atoms in total. The average Bonchev–Trinajstić information content (AvgIpc) is 3.96. The zero-order valence-electron chi connectivity index (χ0n) is 37.0. The van der Waals surface area contributed by atoms with E-state index in [1.54, 1.807) is 42.6 Å². The monoisotopic (exact) mass is 867 g/mol. The summed E-state index contributed by atoms with van der Waals surface area (Å²) in [5, 5.41) is 61.4. The number of fused-ring (bicyclic) bond motifs is 6. The van der Waals surface area contributed by atoms with Crippen LogP contribution in [0.4, 0.5) is 11.5 Å². The van der Waals surface area contributed by atoms with Gasteiger partial charge >= 0.3 is 0 Å². The Kier molecular flexibility index (Phi) is 13.4. The van der Waals surface area contributed by atoms with Gasteiger partial charge in [-0.15, -0.1) is 0 Å². The molecule has 2 bridgehead atoms. The van der Waals surface area contributed by atoms with E-state index in [0.29, 0.717) is 61.8 Å². The molecule has 5 atom stereocenters. The number of aromatic nitrogens is 2. The smallest absolute Gasteiger partial charge is 0.200 e. The number of nitrogens with one attached hydrogen (secondary N) is 2. The molecule has 0 saturated heterocycles. The number of Topliss-reactive ketones (excluding diaryl/α,β-unsaturated/α-hetero) is 1. The molecule has 64 heavy (non-hydrogen) atoms.